The third kappa shape index (κ3) is 1.63. The molecule has 0 aliphatic carbocycles. The molecule has 0 saturated carbocycles. The minimum Gasteiger partial charge on any atom is -0.465 e. The van der Waals surface area contributed by atoms with Crippen LogP contribution >= 0.6 is 0 Å². The van der Waals surface area contributed by atoms with Crippen molar-refractivity contribution in [1.82, 2.24) is 4.98 Å². The molecular weight excluding hydrogens is 258 g/mol. The molecule has 2 aromatic heterocycles. The van der Waals surface area contributed by atoms with Crippen molar-refractivity contribution in [3.8, 4) is 0 Å². The second-order valence-corrected chi connectivity index (χ2v) is 4.71. The van der Waals surface area contributed by atoms with Crippen molar-refractivity contribution in [1.29, 1.82) is 0 Å². The Balaban J connectivity index is 2.49. The minimum absolute atomic E-state index is 0.0919. The molecule has 0 aliphatic rings. The van der Waals surface area contributed by atoms with E-state index in [9.17, 15) is 9.59 Å². The van der Waals surface area contributed by atoms with Crippen LogP contribution in [0.4, 0.5) is 0 Å². The zero-order valence-electron chi connectivity index (χ0n) is 11.4. The van der Waals surface area contributed by atoms with Crippen molar-refractivity contribution in [3.05, 3.63) is 45.4 Å². The first kappa shape index (κ1) is 12.5. The lowest BCUT2D eigenvalue weighted by atomic mass is 10.1. The minimum atomic E-state index is -0.692. The number of esters is 1. The summed E-state index contributed by atoms with van der Waals surface area (Å²) in [6, 6.07) is 5.11. The lowest BCUT2D eigenvalue weighted by molar-refractivity contribution is 0.0596. The molecule has 1 N–H and O–H groups in total. The topological polar surface area (TPSA) is 72.3 Å². The van der Waals surface area contributed by atoms with Crippen LogP contribution in [0, 0.1) is 13.8 Å². The van der Waals surface area contributed by atoms with Crippen LogP contribution in [0.15, 0.2) is 27.4 Å². The second kappa shape index (κ2) is 4.23. The number of aromatic amines is 1. The number of hydrogen-bond donors (Lipinski definition) is 1. The summed E-state index contributed by atoms with van der Waals surface area (Å²) in [5, 5.41) is 1.68. The molecule has 3 aromatic rings. The Hall–Kier alpha value is -2.56. The van der Waals surface area contributed by atoms with Crippen molar-refractivity contribution in [2.75, 3.05) is 7.11 Å². The number of aryl methyl sites for hydroxylation is 2. The molecule has 0 spiro atoms. The summed E-state index contributed by atoms with van der Waals surface area (Å²) in [4.78, 5) is 26.7. The summed E-state index contributed by atoms with van der Waals surface area (Å²) < 4.78 is 9.82. The third-order valence-electron chi connectivity index (χ3n) is 3.58. The van der Waals surface area contributed by atoms with Crippen molar-refractivity contribution in [2.24, 2.45) is 0 Å². The summed E-state index contributed by atoms with van der Waals surface area (Å²) in [6.45, 7) is 3.96. The highest BCUT2D eigenvalue weighted by molar-refractivity contribution is 6.08. The highest BCUT2D eigenvalue weighted by Crippen LogP contribution is 2.29. The molecule has 102 valence electrons. The Bertz CT molecular complexity index is 902. The Labute approximate surface area is 114 Å². The van der Waals surface area contributed by atoms with Gasteiger partial charge in [-0.3, -0.25) is 0 Å². The van der Waals surface area contributed by atoms with Gasteiger partial charge in [-0.25, -0.2) is 9.59 Å². The Morgan fingerprint density at radius 2 is 2.05 bits per heavy atom. The van der Waals surface area contributed by atoms with Crippen molar-refractivity contribution < 1.29 is 13.9 Å². The standard InChI is InChI=1S/C15H13NO4/c1-7-8(2)16-11-4-5-12-9(13(7)11)6-10(14(17)19-3)15(18)20-12/h4-6,16H,1-3H3. The van der Waals surface area contributed by atoms with Crippen molar-refractivity contribution in [3.63, 3.8) is 0 Å². The van der Waals surface area contributed by atoms with Gasteiger partial charge in [-0.15, -0.1) is 0 Å². The molecule has 0 aliphatic heterocycles. The van der Waals surface area contributed by atoms with Crippen LogP contribution in [0.25, 0.3) is 21.9 Å². The predicted molar refractivity (Wildman–Crippen MR) is 75.2 cm³/mol. The SMILES string of the molecule is COC(=O)c1cc2c(ccc3[nH]c(C)c(C)c32)oc1=O. The summed E-state index contributed by atoms with van der Waals surface area (Å²) >= 11 is 0. The van der Waals surface area contributed by atoms with E-state index in [-0.39, 0.29) is 5.56 Å². The second-order valence-electron chi connectivity index (χ2n) is 4.71. The van der Waals surface area contributed by atoms with E-state index >= 15 is 0 Å². The first-order valence-corrected chi connectivity index (χ1v) is 6.17. The van der Waals surface area contributed by atoms with Gasteiger partial charge >= 0.3 is 11.6 Å². The van der Waals surface area contributed by atoms with Gasteiger partial charge < -0.3 is 14.1 Å². The molecule has 0 atom stereocenters. The molecule has 0 amide bonds. The van der Waals surface area contributed by atoms with Gasteiger partial charge in [0.2, 0.25) is 0 Å². The predicted octanol–water partition coefficient (Wildman–Crippen LogP) is 2.68. The fraction of sp³-hybridized carbons (Fsp3) is 0.200. The first-order chi connectivity index (χ1) is 9.52. The van der Waals surface area contributed by atoms with E-state index in [0.29, 0.717) is 5.58 Å². The highest BCUT2D eigenvalue weighted by atomic mass is 16.5. The molecule has 2 heterocycles. The van der Waals surface area contributed by atoms with Gasteiger partial charge in [-0.05, 0) is 37.6 Å². The molecule has 0 saturated heterocycles. The smallest absolute Gasteiger partial charge is 0.351 e. The monoisotopic (exact) mass is 271 g/mol. The molecule has 5 nitrogen and oxygen atoms in total. The third-order valence-corrected chi connectivity index (χ3v) is 3.58. The number of rotatable bonds is 1. The highest BCUT2D eigenvalue weighted by Gasteiger charge is 2.17. The average Bonchev–Trinajstić information content (AvgIpc) is 2.73. The summed E-state index contributed by atoms with van der Waals surface area (Å²) in [7, 11) is 1.23. The molecule has 0 radical (unpaired) electrons. The number of carbonyl (C=O) groups excluding carboxylic acids is 1. The van der Waals surface area contributed by atoms with Gasteiger partial charge in [-0.1, -0.05) is 0 Å². The zero-order chi connectivity index (χ0) is 14.4. The van der Waals surface area contributed by atoms with Crippen LogP contribution < -0.4 is 5.63 Å². The van der Waals surface area contributed by atoms with E-state index in [0.717, 1.165) is 27.5 Å². The number of nitrogens with one attached hydrogen (secondary N) is 1. The Kier molecular flexibility index (Phi) is 2.64. The van der Waals surface area contributed by atoms with Crippen LogP contribution in [-0.2, 0) is 4.74 Å². The van der Waals surface area contributed by atoms with E-state index in [2.05, 4.69) is 9.72 Å². The maximum atomic E-state index is 11.8. The number of carbonyl (C=O) groups is 1. The Morgan fingerprint density at radius 3 is 2.75 bits per heavy atom. The maximum absolute atomic E-state index is 11.8. The van der Waals surface area contributed by atoms with Gasteiger partial charge in [0.25, 0.3) is 0 Å². The van der Waals surface area contributed by atoms with Crippen molar-refractivity contribution >= 4 is 27.8 Å². The number of aromatic nitrogens is 1. The Morgan fingerprint density at radius 1 is 1.30 bits per heavy atom. The van der Waals surface area contributed by atoms with Crippen LogP contribution in [0.1, 0.15) is 21.6 Å². The molecule has 0 bridgehead atoms. The number of methoxy groups -OCH3 is 1. The summed E-state index contributed by atoms with van der Waals surface area (Å²) in [6.07, 6.45) is 0. The zero-order valence-corrected chi connectivity index (χ0v) is 11.4. The number of fused-ring (bicyclic) bond motifs is 3. The molecule has 20 heavy (non-hydrogen) atoms. The lowest BCUT2D eigenvalue weighted by Crippen LogP contribution is -2.14. The van der Waals surface area contributed by atoms with Gasteiger partial charge in [0.05, 0.1) is 7.11 Å². The summed E-state index contributed by atoms with van der Waals surface area (Å²) in [5.74, 6) is -0.692. The fourth-order valence-electron chi connectivity index (χ4n) is 2.43. The summed E-state index contributed by atoms with van der Waals surface area (Å²) in [5.41, 5.74) is 2.72. The molecule has 1 aromatic carbocycles. The van der Waals surface area contributed by atoms with Gasteiger partial charge in [0.1, 0.15) is 11.1 Å². The first-order valence-electron chi connectivity index (χ1n) is 6.17. The van der Waals surface area contributed by atoms with Gasteiger partial charge in [0.15, 0.2) is 0 Å². The maximum Gasteiger partial charge on any atom is 0.351 e. The van der Waals surface area contributed by atoms with E-state index in [1.807, 2.05) is 19.9 Å². The quantitative estimate of drug-likeness (QED) is 0.545. The largest absolute Gasteiger partial charge is 0.465 e. The van der Waals surface area contributed by atoms with Crippen LogP contribution in [-0.4, -0.2) is 18.1 Å². The van der Waals surface area contributed by atoms with E-state index in [1.165, 1.54) is 13.2 Å². The number of H-pyrrole nitrogens is 1. The lowest BCUT2D eigenvalue weighted by Gasteiger charge is -2.03. The van der Waals surface area contributed by atoms with Gasteiger partial charge in [-0.2, -0.15) is 0 Å². The number of hydrogen-bond acceptors (Lipinski definition) is 4. The molecule has 5 heteroatoms. The molecule has 0 unspecified atom stereocenters. The van der Waals surface area contributed by atoms with Crippen LogP contribution in [0.3, 0.4) is 0 Å². The van der Waals surface area contributed by atoms with E-state index in [4.69, 9.17) is 4.42 Å². The molecule has 3 rings (SSSR count). The van der Waals surface area contributed by atoms with E-state index in [1.54, 1.807) is 6.07 Å². The number of benzene rings is 1. The molecular formula is C15H13NO4. The van der Waals surface area contributed by atoms with Gasteiger partial charge in [0, 0.05) is 22.0 Å². The molecule has 0 fully saturated rings. The fourth-order valence-corrected chi connectivity index (χ4v) is 2.43. The normalized spacial score (nSPS) is 11.2. The number of ether oxygens (including phenoxy) is 1. The van der Waals surface area contributed by atoms with E-state index < -0.39 is 11.6 Å². The average molecular weight is 271 g/mol. The van der Waals surface area contributed by atoms with Crippen LogP contribution in [0.5, 0.6) is 0 Å². The van der Waals surface area contributed by atoms with Crippen LogP contribution in [0.2, 0.25) is 0 Å². The van der Waals surface area contributed by atoms with Crippen molar-refractivity contribution in [2.45, 2.75) is 13.8 Å².